The quantitative estimate of drug-likeness (QED) is 0.474. The number of carbonyl (C=O) groups excluding carboxylic acids is 1. The van der Waals surface area contributed by atoms with Crippen LogP contribution in [-0.4, -0.2) is 40.9 Å². The molecule has 1 N–H and O–H groups in total. The average Bonchev–Trinajstić information content (AvgIpc) is 3.15. The van der Waals surface area contributed by atoms with E-state index in [0.717, 1.165) is 5.56 Å². The maximum atomic E-state index is 13.5. The van der Waals surface area contributed by atoms with E-state index in [9.17, 15) is 18.0 Å². The first kappa shape index (κ1) is 24.7. The van der Waals surface area contributed by atoms with Gasteiger partial charge < -0.3 is 0 Å². The summed E-state index contributed by atoms with van der Waals surface area (Å²) < 4.78 is 29.2. The maximum Gasteiger partial charge on any atom is 0.282 e. The van der Waals surface area contributed by atoms with E-state index in [0.29, 0.717) is 17.8 Å². The summed E-state index contributed by atoms with van der Waals surface area (Å²) in [6, 6.07) is 15.0. The number of aromatic nitrogens is 2. The SMILES string of the molecule is CC[C@@H](C)N(CC(=O)c1c(C(C)C)[nH]n(-c2ccc(C)cc2)c1=O)S(=O)(=O)c1ccccc1. The first-order chi connectivity index (χ1) is 15.6. The Balaban J connectivity index is 2.06. The Labute approximate surface area is 195 Å². The van der Waals surface area contributed by atoms with Crippen molar-refractivity contribution in [3.8, 4) is 5.69 Å². The second kappa shape index (κ2) is 9.89. The van der Waals surface area contributed by atoms with Crippen LogP contribution in [0.1, 0.15) is 61.6 Å². The number of nitrogens with zero attached hydrogens (tertiary/aromatic N) is 2. The average molecular weight is 470 g/mol. The second-order valence-corrected chi connectivity index (χ2v) is 10.5. The molecular weight excluding hydrogens is 438 g/mol. The van der Waals surface area contributed by atoms with Crippen molar-refractivity contribution < 1.29 is 13.2 Å². The number of aromatic amines is 1. The molecule has 3 rings (SSSR count). The molecule has 0 unspecified atom stereocenters. The van der Waals surface area contributed by atoms with Gasteiger partial charge in [0, 0.05) is 6.04 Å². The van der Waals surface area contributed by atoms with Crippen molar-refractivity contribution in [3.05, 3.63) is 81.8 Å². The molecule has 0 fully saturated rings. The number of nitrogens with one attached hydrogen (secondary N) is 1. The summed E-state index contributed by atoms with van der Waals surface area (Å²) in [5.74, 6) is -0.656. The van der Waals surface area contributed by atoms with E-state index in [2.05, 4.69) is 5.10 Å². The van der Waals surface area contributed by atoms with Crippen LogP contribution in [0.5, 0.6) is 0 Å². The summed E-state index contributed by atoms with van der Waals surface area (Å²) in [6.45, 7) is 8.93. The third-order valence-electron chi connectivity index (χ3n) is 5.80. The molecule has 1 aromatic heterocycles. The number of rotatable bonds is 9. The van der Waals surface area contributed by atoms with E-state index < -0.39 is 34.0 Å². The van der Waals surface area contributed by atoms with Gasteiger partial charge in [0.15, 0.2) is 5.78 Å². The predicted octanol–water partition coefficient (Wildman–Crippen LogP) is 4.27. The number of benzene rings is 2. The minimum absolute atomic E-state index is 0.00198. The molecule has 7 nitrogen and oxygen atoms in total. The molecule has 0 saturated heterocycles. The van der Waals surface area contributed by atoms with Gasteiger partial charge in [0.05, 0.1) is 22.8 Å². The fraction of sp³-hybridized carbons (Fsp3) is 0.360. The predicted molar refractivity (Wildman–Crippen MR) is 130 cm³/mol. The number of aryl methyl sites for hydroxylation is 1. The topological polar surface area (TPSA) is 92.2 Å². The summed E-state index contributed by atoms with van der Waals surface area (Å²) in [5, 5.41) is 3.07. The molecular formula is C25H31N3O4S. The minimum Gasteiger partial charge on any atom is -0.294 e. The Hall–Kier alpha value is -2.97. The van der Waals surface area contributed by atoms with E-state index in [-0.39, 0.29) is 16.4 Å². The van der Waals surface area contributed by atoms with Crippen LogP contribution in [0.15, 0.2) is 64.3 Å². The molecule has 0 aliphatic carbocycles. The van der Waals surface area contributed by atoms with Crippen molar-refractivity contribution >= 4 is 15.8 Å². The van der Waals surface area contributed by atoms with Crippen molar-refractivity contribution in [2.45, 2.75) is 57.9 Å². The van der Waals surface area contributed by atoms with Crippen LogP contribution in [0.2, 0.25) is 0 Å². The molecule has 1 atom stereocenters. The van der Waals surface area contributed by atoms with Gasteiger partial charge in [-0.1, -0.05) is 56.7 Å². The van der Waals surface area contributed by atoms with Gasteiger partial charge in [0.2, 0.25) is 10.0 Å². The van der Waals surface area contributed by atoms with Crippen LogP contribution in [0.4, 0.5) is 0 Å². The second-order valence-electron chi connectivity index (χ2n) is 8.58. The lowest BCUT2D eigenvalue weighted by molar-refractivity contribution is 0.0952. The van der Waals surface area contributed by atoms with E-state index in [1.165, 1.54) is 21.1 Å². The van der Waals surface area contributed by atoms with Gasteiger partial charge in [-0.3, -0.25) is 14.7 Å². The Morgan fingerprint density at radius 1 is 1.03 bits per heavy atom. The van der Waals surface area contributed by atoms with E-state index in [1.807, 2.05) is 39.8 Å². The fourth-order valence-corrected chi connectivity index (χ4v) is 5.33. The van der Waals surface area contributed by atoms with Crippen molar-refractivity contribution in [3.63, 3.8) is 0 Å². The maximum absolute atomic E-state index is 13.5. The lowest BCUT2D eigenvalue weighted by Crippen LogP contribution is -2.42. The van der Waals surface area contributed by atoms with Gasteiger partial charge in [-0.2, -0.15) is 4.31 Å². The number of H-pyrrole nitrogens is 1. The number of hydrogen-bond donors (Lipinski definition) is 1. The monoisotopic (exact) mass is 469 g/mol. The highest BCUT2D eigenvalue weighted by atomic mass is 32.2. The highest BCUT2D eigenvalue weighted by molar-refractivity contribution is 7.89. The fourth-order valence-electron chi connectivity index (χ4n) is 3.65. The molecule has 3 aromatic rings. The smallest absolute Gasteiger partial charge is 0.282 e. The molecule has 0 saturated carbocycles. The zero-order valence-electron chi connectivity index (χ0n) is 19.7. The zero-order chi connectivity index (χ0) is 24.3. The highest BCUT2D eigenvalue weighted by Gasteiger charge is 2.33. The number of carbonyl (C=O) groups is 1. The van der Waals surface area contributed by atoms with Crippen LogP contribution >= 0.6 is 0 Å². The summed E-state index contributed by atoms with van der Waals surface area (Å²) in [7, 11) is -3.92. The summed E-state index contributed by atoms with van der Waals surface area (Å²) in [6.07, 6.45) is 0.525. The molecule has 176 valence electrons. The number of sulfonamides is 1. The molecule has 1 heterocycles. The first-order valence-electron chi connectivity index (χ1n) is 11.1. The van der Waals surface area contributed by atoms with Crippen molar-refractivity contribution in [2.75, 3.05) is 6.54 Å². The lowest BCUT2D eigenvalue weighted by atomic mass is 10.0. The third kappa shape index (κ3) is 5.02. The zero-order valence-corrected chi connectivity index (χ0v) is 20.5. The van der Waals surface area contributed by atoms with Gasteiger partial charge in [-0.15, -0.1) is 0 Å². The van der Waals surface area contributed by atoms with Gasteiger partial charge in [0.1, 0.15) is 5.56 Å². The molecule has 0 bridgehead atoms. The van der Waals surface area contributed by atoms with Crippen molar-refractivity contribution in [2.24, 2.45) is 0 Å². The van der Waals surface area contributed by atoms with Gasteiger partial charge in [-0.25, -0.2) is 13.1 Å². The normalized spacial score (nSPS) is 12.9. The van der Waals surface area contributed by atoms with E-state index >= 15 is 0 Å². The summed E-state index contributed by atoms with van der Waals surface area (Å²) in [4.78, 5) is 26.9. The molecule has 0 aliphatic rings. The highest BCUT2D eigenvalue weighted by Crippen LogP contribution is 2.22. The van der Waals surface area contributed by atoms with Crippen LogP contribution in [0, 0.1) is 6.92 Å². The number of Topliss-reactive ketones (excluding diaryl/α,β-unsaturated/α-hetero) is 1. The molecule has 0 amide bonds. The third-order valence-corrected chi connectivity index (χ3v) is 7.77. The van der Waals surface area contributed by atoms with Crippen molar-refractivity contribution in [1.82, 2.24) is 14.1 Å². The lowest BCUT2D eigenvalue weighted by Gasteiger charge is -2.27. The van der Waals surface area contributed by atoms with E-state index in [1.54, 1.807) is 37.3 Å². The van der Waals surface area contributed by atoms with Crippen LogP contribution in [-0.2, 0) is 10.0 Å². The number of hydrogen-bond acceptors (Lipinski definition) is 4. The molecule has 0 spiro atoms. The van der Waals surface area contributed by atoms with Crippen LogP contribution < -0.4 is 5.56 Å². The largest absolute Gasteiger partial charge is 0.294 e. The molecule has 0 radical (unpaired) electrons. The molecule has 33 heavy (non-hydrogen) atoms. The van der Waals surface area contributed by atoms with Crippen LogP contribution in [0.25, 0.3) is 5.69 Å². The Kier molecular flexibility index (Phi) is 7.39. The number of ketones is 1. The standard InChI is InChI=1S/C25H31N3O4S/c1-6-19(5)27(33(31,32)21-10-8-7-9-11-21)16-22(29)23-24(17(2)3)26-28(25(23)30)20-14-12-18(4)13-15-20/h7-15,17,19,26H,6,16H2,1-5H3/t19-/m1/s1. The van der Waals surface area contributed by atoms with Crippen molar-refractivity contribution in [1.29, 1.82) is 0 Å². The van der Waals surface area contributed by atoms with E-state index in [4.69, 9.17) is 0 Å². The molecule has 2 aromatic carbocycles. The Morgan fingerprint density at radius 2 is 1.64 bits per heavy atom. The minimum atomic E-state index is -3.92. The molecule has 8 heteroatoms. The summed E-state index contributed by atoms with van der Waals surface area (Å²) in [5.41, 5.74) is 1.68. The van der Waals surface area contributed by atoms with Gasteiger partial charge >= 0.3 is 0 Å². The van der Waals surface area contributed by atoms with Gasteiger partial charge in [-0.05, 0) is 50.5 Å². The molecule has 0 aliphatic heterocycles. The van der Waals surface area contributed by atoms with Gasteiger partial charge in [0.25, 0.3) is 5.56 Å². The first-order valence-corrected chi connectivity index (χ1v) is 12.5. The Morgan fingerprint density at radius 3 is 2.18 bits per heavy atom. The van der Waals surface area contributed by atoms with Crippen LogP contribution in [0.3, 0.4) is 0 Å². The summed E-state index contributed by atoms with van der Waals surface area (Å²) >= 11 is 0. The Bertz CT molecular complexity index is 1270.